The Labute approximate surface area is 92.6 Å². The minimum Gasteiger partial charge on any atom is -0.350 e. The Morgan fingerprint density at radius 3 is 2.94 bits per heavy atom. The van der Waals surface area contributed by atoms with Crippen molar-refractivity contribution < 1.29 is 23.1 Å². The van der Waals surface area contributed by atoms with Gasteiger partial charge in [-0.1, -0.05) is 0 Å². The Bertz CT molecular complexity index is 223. The number of hydroxylamine groups is 1. The first-order valence-corrected chi connectivity index (χ1v) is 5.16. The van der Waals surface area contributed by atoms with E-state index in [1.807, 2.05) is 0 Å². The molecule has 0 aromatic carbocycles. The Kier molecular flexibility index (Phi) is 5.41. The van der Waals surface area contributed by atoms with E-state index in [9.17, 15) is 13.6 Å². The Morgan fingerprint density at radius 2 is 2.38 bits per heavy atom. The molecule has 0 aromatic heterocycles. The van der Waals surface area contributed by atoms with E-state index in [0.29, 0.717) is 13.0 Å². The monoisotopic (exact) mass is 238 g/mol. The lowest BCUT2D eigenvalue weighted by Gasteiger charge is -2.24. The molecule has 1 rings (SSSR count). The van der Waals surface area contributed by atoms with Crippen LogP contribution < -0.4 is 5.48 Å². The summed E-state index contributed by atoms with van der Waals surface area (Å²) in [5.41, 5.74) is 2.09. The Hall–Kier alpha value is -0.950. The summed E-state index contributed by atoms with van der Waals surface area (Å²) in [6.07, 6.45) is -0.398. The average molecular weight is 238 g/mol. The number of halogens is 2. The van der Waals surface area contributed by atoms with Crippen molar-refractivity contribution in [1.29, 1.82) is 0 Å². The predicted molar refractivity (Wildman–Crippen MR) is 51.8 cm³/mol. The van der Waals surface area contributed by atoms with Gasteiger partial charge in [-0.05, 0) is 12.8 Å². The third-order valence-electron chi connectivity index (χ3n) is 2.17. The minimum atomic E-state index is -2.55. The molecule has 0 spiro atoms. The van der Waals surface area contributed by atoms with Gasteiger partial charge in [0.25, 0.3) is 6.43 Å². The van der Waals surface area contributed by atoms with Crippen LogP contribution in [0.15, 0.2) is 0 Å². The van der Waals surface area contributed by atoms with Crippen LogP contribution in [0.3, 0.4) is 0 Å². The molecule has 0 saturated carbocycles. The molecule has 0 aliphatic carbocycles. The first-order valence-electron chi connectivity index (χ1n) is 5.16. The molecule has 7 heteroatoms. The number of hydrogen-bond donors (Lipinski definition) is 1. The molecule has 1 aliphatic rings. The summed E-state index contributed by atoms with van der Waals surface area (Å²) >= 11 is 0. The summed E-state index contributed by atoms with van der Waals surface area (Å²) in [5.74, 6) is 0. The maximum Gasteiger partial charge on any atom is 0.341 e. The smallest absolute Gasteiger partial charge is 0.341 e. The van der Waals surface area contributed by atoms with Crippen LogP contribution in [0.4, 0.5) is 13.6 Å². The van der Waals surface area contributed by atoms with Gasteiger partial charge < -0.3 is 9.64 Å². The van der Waals surface area contributed by atoms with Crippen molar-refractivity contribution >= 4 is 6.03 Å². The standard InChI is InChI=1S/C9H16F2N2O3/c1-13(6-7(10)11)9(14)12-16-8-4-2-3-5-15-8/h7-8H,2-6H2,1H3,(H,12,14)/t8-/m0/s1. The SMILES string of the molecule is CN(CC(F)F)C(=O)NO[C@H]1CCCCO1. The fourth-order valence-electron chi connectivity index (χ4n) is 1.29. The van der Waals surface area contributed by atoms with Crippen molar-refractivity contribution in [3.05, 3.63) is 0 Å². The minimum absolute atomic E-state index is 0.474. The van der Waals surface area contributed by atoms with Gasteiger partial charge in [0.05, 0.1) is 6.54 Å². The molecule has 1 atom stereocenters. The van der Waals surface area contributed by atoms with Crippen molar-refractivity contribution in [2.24, 2.45) is 0 Å². The van der Waals surface area contributed by atoms with E-state index in [2.05, 4.69) is 5.48 Å². The largest absolute Gasteiger partial charge is 0.350 e. The van der Waals surface area contributed by atoms with Crippen LogP contribution in [-0.2, 0) is 9.57 Å². The quantitative estimate of drug-likeness (QED) is 0.752. The van der Waals surface area contributed by atoms with E-state index >= 15 is 0 Å². The molecule has 0 bridgehead atoms. The van der Waals surface area contributed by atoms with Crippen molar-refractivity contribution in [3.63, 3.8) is 0 Å². The molecule has 1 fully saturated rings. The number of alkyl halides is 2. The van der Waals surface area contributed by atoms with Crippen molar-refractivity contribution in [2.75, 3.05) is 20.2 Å². The van der Waals surface area contributed by atoms with Gasteiger partial charge in [0, 0.05) is 20.1 Å². The van der Waals surface area contributed by atoms with Gasteiger partial charge in [0.1, 0.15) is 0 Å². The average Bonchev–Trinajstić information content (AvgIpc) is 2.26. The molecule has 1 N–H and O–H groups in total. The zero-order chi connectivity index (χ0) is 12.0. The van der Waals surface area contributed by atoms with Crippen LogP contribution in [0.1, 0.15) is 19.3 Å². The van der Waals surface area contributed by atoms with Crippen molar-refractivity contribution in [1.82, 2.24) is 10.4 Å². The molecule has 1 aliphatic heterocycles. The maximum atomic E-state index is 12.0. The van der Waals surface area contributed by atoms with Gasteiger partial charge >= 0.3 is 6.03 Å². The zero-order valence-electron chi connectivity index (χ0n) is 9.12. The fraction of sp³-hybridized carbons (Fsp3) is 0.889. The maximum absolute atomic E-state index is 12.0. The molecule has 0 unspecified atom stereocenters. The van der Waals surface area contributed by atoms with Crippen LogP contribution in [0, 0.1) is 0 Å². The number of carbonyl (C=O) groups excluding carboxylic acids is 1. The Balaban J connectivity index is 2.17. The first-order chi connectivity index (χ1) is 7.59. The third kappa shape index (κ3) is 4.71. The number of amides is 2. The number of hydrogen-bond acceptors (Lipinski definition) is 3. The molecule has 16 heavy (non-hydrogen) atoms. The first kappa shape index (κ1) is 13.1. The van der Waals surface area contributed by atoms with Gasteiger partial charge in [-0.25, -0.2) is 23.9 Å². The summed E-state index contributed by atoms with van der Waals surface area (Å²) in [6, 6.07) is -0.700. The van der Waals surface area contributed by atoms with Crippen LogP contribution in [-0.4, -0.2) is 43.8 Å². The second-order valence-corrected chi connectivity index (χ2v) is 3.59. The highest BCUT2D eigenvalue weighted by Crippen LogP contribution is 2.12. The van der Waals surface area contributed by atoms with E-state index in [1.165, 1.54) is 7.05 Å². The number of nitrogens with zero attached hydrogens (tertiary/aromatic N) is 1. The lowest BCUT2D eigenvalue weighted by atomic mass is 10.2. The highest BCUT2D eigenvalue weighted by Gasteiger charge is 2.18. The molecule has 1 saturated heterocycles. The number of ether oxygens (including phenoxy) is 1. The normalized spacial score (nSPS) is 20.9. The number of urea groups is 1. The van der Waals surface area contributed by atoms with Crippen molar-refractivity contribution in [3.8, 4) is 0 Å². The van der Waals surface area contributed by atoms with E-state index < -0.39 is 25.3 Å². The van der Waals surface area contributed by atoms with Gasteiger partial charge in [0.15, 0.2) is 6.29 Å². The summed E-state index contributed by atoms with van der Waals surface area (Å²) < 4.78 is 29.1. The molecule has 5 nitrogen and oxygen atoms in total. The van der Waals surface area contributed by atoms with Crippen molar-refractivity contribution in [2.45, 2.75) is 32.0 Å². The van der Waals surface area contributed by atoms with Crippen LogP contribution in [0.5, 0.6) is 0 Å². The molecular weight excluding hydrogens is 222 g/mol. The summed E-state index contributed by atoms with van der Waals surface area (Å²) in [7, 11) is 1.27. The zero-order valence-corrected chi connectivity index (χ0v) is 9.12. The van der Waals surface area contributed by atoms with Gasteiger partial charge in [-0.2, -0.15) is 0 Å². The number of carbonyl (C=O) groups is 1. The fourth-order valence-corrected chi connectivity index (χ4v) is 1.29. The molecule has 0 aromatic rings. The lowest BCUT2D eigenvalue weighted by molar-refractivity contribution is -0.187. The second kappa shape index (κ2) is 6.59. The van der Waals surface area contributed by atoms with Crippen LogP contribution in [0.25, 0.3) is 0 Å². The van der Waals surface area contributed by atoms with E-state index in [0.717, 1.165) is 17.7 Å². The molecule has 0 radical (unpaired) electrons. The van der Waals surface area contributed by atoms with Gasteiger partial charge in [-0.15, -0.1) is 0 Å². The molecule has 2 amide bonds. The molecule has 94 valence electrons. The topological polar surface area (TPSA) is 50.8 Å². The molecular formula is C9H16F2N2O3. The van der Waals surface area contributed by atoms with E-state index in [-0.39, 0.29) is 0 Å². The van der Waals surface area contributed by atoms with E-state index in [4.69, 9.17) is 9.57 Å². The van der Waals surface area contributed by atoms with E-state index in [1.54, 1.807) is 0 Å². The van der Waals surface area contributed by atoms with Gasteiger partial charge in [-0.3, -0.25) is 0 Å². The highest BCUT2D eigenvalue weighted by atomic mass is 19.3. The predicted octanol–water partition coefficient (Wildman–Crippen LogP) is 1.35. The number of rotatable bonds is 4. The summed E-state index contributed by atoms with van der Waals surface area (Å²) in [4.78, 5) is 17.0. The van der Waals surface area contributed by atoms with Gasteiger partial charge in [0.2, 0.25) is 0 Å². The third-order valence-corrected chi connectivity index (χ3v) is 2.17. The van der Waals surface area contributed by atoms with Crippen LogP contribution in [0.2, 0.25) is 0 Å². The second-order valence-electron chi connectivity index (χ2n) is 3.59. The Morgan fingerprint density at radius 1 is 1.62 bits per heavy atom. The number of nitrogens with one attached hydrogen (secondary N) is 1. The molecule has 1 heterocycles. The highest BCUT2D eigenvalue weighted by molar-refractivity contribution is 5.72. The lowest BCUT2D eigenvalue weighted by Crippen LogP contribution is -2.42. The summed E-state index contributed by atoms with van der Waals surface area (Å²) in [5, 5.41) is 0. The van der Waals surface area contributed by atoms with Crippen LogP contribution >= 0.6 is 0 Å². The summed E-state index contributed by atoms with van der Waals surface area (Å²) in [6.45, 7) is -0.0336.